The molecular formula is C26H24N4O3S. The molecule has 5 rings (SSSR count). The fourth-order valence-corrected chi connectivity index (χ4v) is 4.85. The lowest BCUT2D eigenvalue weighted by Crippen LogP contribution is -2.50. The number of hydrogen-bond acceptors (Lipinski definition) is 5. The van der Waals surface area contributed by atoms with E-state index in [9.17, 15) is 14.7 Å². The maximum atomic E-state index is 13.0. The molecule has 2 heterocycles. The van der Waals surface area contributed by atoms with Crippen LogP contribution < -0.4 is 0 Å². The number of fused-ring (bicyclic) bond motifs is 1. The molecule has 4 aromatic rings. The number of hydrogen-bond donors (Lipinski definition) is 2. The molecule has 0 unspecified atom stereocenters. The standard InChI is InChI=1S/C26H24N4O3S/c31-23-8-4-1-5-20(23)25(33)30-15-13-29(14-16-30)24(32)19-11-9-18(10-12-19)17-34-26-27-21-6-2-3-7-22(21)28-26/h1-12,31H,13-17H2,(H,27,28). The van der Waals surface area contributed by atoms with E-state index in [-0.39, 0.29) is 17.6 Å². The molecular weight excluding hydrogens is 448 g/mol. The van der Waals surface area contributed by atoms with Crippen molar-refractivity contribution < 1.29 is 14.7 Å². The largest absolute Gasteiger partial charge is 0.507 e. The number of carbonyl (C=O) groups is 2. The molecule has 1 aliphatic heterocycles. The second-order valence-electron chi connectivity index (χ2n) is 8.15. The third-order valence-corrected chi connectivity index (χ3v) is 6.88. The molecule has 0 spiro atoms. The van der Waals surface area contributed by atoms with Crippen molar-refractivity contribution in [2.75, 3.05) is 26.2 Å². The summed E-state index contributed by atoms with van der Waals surface area (Å²) in [5.74, 6) is 0.480. The first kappa shape index (κ1) is 22.0. The van der Waals surface area contributed by atoms with Crippen LogP contribution in [-0.4, -0.2) is 62.9 Å². The van der Waals surface area contributed by atoms with Crippen LogP contribution >= 0.6 is 11.8 Å². The number of amides is 2. The maximum Gasteiger partial charge on any atom is 0.257 e. The number of rotatable bonds is 5. The molecule has 8 heteroatoms. The Balaban J connectivity index is 1.15. The number of H-pyrrole nitrogens is 1. The number of aromatic amines is 1. The Labute approximate surface area is 201 Å². The van der Waals surface area contributed by atoms with Crippen LogP contribution in [-0.2, 0) is 5.75 Å². The van der Waals surface area contributed by atoms with Gasteiger partial charge in [0, 0.05) is 37.5 Å². The van der Waals surface area contributed by atoms with E-state index in [1.54, 1.807) is 39.8 Å². The van der Waals surface area contributed by atoms with Crippen molar-refractivity contribution in [3.8, 4) is 5.75 Å². The smallest absolute Gasteiger partial charge is 0.257 e. The Kier molecular flexibility index (Phi) is 6.22. The molecule has 0 bridgehead atoms. The lowest BCUT2D eigenvalue weighted by molar-refractivity contribution is 0.0533. The zero-order valence-electron chi connectivity index (χ0n) is 18.5. The minimum Gasteiger partial charge on any atom is -0.507 e. The number of benzene rings is 3. The Bertz CT molecular complexity index is 1290. The van der Waals surface area contributed by atoms with Crippen molar-refractivity contribution in [1.82, 2.24) is 19.8 Å². The molecule has 1 aromatic heterocycles. The summed E-state index contributed by atoms with van der Waals surface area (Å²) in [6.07, 6.45) is 0. The van der Waals surface area contributed by atoms with Crippen LogP contribution in [0, 0.1) is 0 Å². The van der Waals surface area contributed by atoms with Crippen molar-refractivity contribution in [3.05, 3.63) is 89.5 Å². The maximum absolute atomic E-state index is 13.0. The summed E-state index contributed by atoms with van der Waals surface area (Å²) < 4.78 is 0. The van der Waals surface area contributed by atoms with Gasteiger partial charge >= 0.3 is 0 Å². The van der Waals surface area contributed by atoms with Crippen molar-refractivity contribution in [3.63, 3.8) is 0 Å². The average molecular weight is 473 g/mol. The summed E-state index contributed by atoms with van der Waals surface area (Å²) in [6, 6.07) is 22.1. The lowest BCUT2D eigenvalue weighted by atomic mass is 10.1. The molecule has 0 saturated carbocycles. The van der Waals surface area contributed by atoms with E-state index >= 15 is 0 Å². The van der Waals surface area contributed by atoms with E-state index in [4.69, 9.17) is 0 Å². The molecule has 0 aliphatic carbocycles. The number of phenols is 1. The van der Waals surface area contributed by atoms with Crippen LogP contribution in [0.15, 0.2) is 78.0 Å². The summed E-state index contributed by atoms with van der Waals surface area (Å²) in [5.41, 5.74) is 4.01. The van der Waals surface area contributed by atoms with E-state index in [2.05, 4.69) is 9.97 Å². The number of aromatic nitrogens is 2. The third kappa shape index (κ3) is 4.63. The minimum absolute atomic E-state index is 0.0235. The van der Waals surface area contributed by atoms with Gasteiger partial charge in [0.05, 0.1) is 16.6 Å². The summed E-state index contributed by atoms with van der Waals surface area (Å²) in [7, 11) is 0. The summed E-state index contributed by atoms with van der Waals surface area (Å²) >= 11 is 1.63. The molecule has 0 radical (unpaired) electrons. The van der Waals surface area contributed by atoms with Gasteiger partial charge < -0.3 is 19.9 Å². The van der Waals surface area contributed by atoms with E-state index in [0.29, 0.717) is 37.3 Å². The Morgan fingerprint density at radius 1 is 0.853 bits per heavy atom. The van der Waals surface area contributed by atoms with E-state index in [1.165, 1.54) is 6.07 Å². The second kappa shape index (κ2) is 9.61. The number of imidazole rings is 1. The number of phenolic OH excluding ortho intramolecular Hbond substituents is 1. The van der Waals surface area contributed by atoms with Gasteiger partial charge in [-0.2, -0.15) is 0 Å². The van der Waals surface area contributed by atoms with Gasteiger partial charge in [-0.25, -0.2) is 4.98 Å². The van der Waals surface area contributed by atoms with Gasteiger partial charge in [0.1, 0.15) is 5.75 Å². The molecule has 1 saturated heterocycles. The van der Waals surface area contributed by atoms with Gasteiger partial charge in [0.2, 0.25) is 0 Å². The van der Waals surface area contributed by atoms with E-state index in [1.807, 2.05) is 48.5 Å². The zero-order valence-corrected chi connectivity index (χ0v) is 19.3. The molecule has 0 atom stereocenters. The molecule has 7 nitrogen and oxygen atoms in total. The Hall–Kier alpha value is -3.78. The monoisotopic (exact) mass is 472 g/mol. The lowest BCUT2D eigenvalue weighted by Gasteiger charge is -2.35. The van der Waals surface area contributed by atoms with Crippen LogP contribution in [0.3, 0.4) is 0 Å². The quantitative estimate of drug-likeness (QED) is 0.426. The van der Waals surface area contributed by atoms with Crippen molar-refractivity contribution in [1.29, 1.82) is 0 Å². The first-order valence-electron chi connectivity index (χ1n) is 11.1. The van der Waals surface area contributed by atoms with E-state index in [0.717, 1.165) is 27.5 Å². The number of carbonyl (C=O) groups excluding carboxylic acids is 2. The van der Waals surface area contributed by atoms with Crippen molar-refractivity contribution in [2.45, 2.75) is 10.9 Å². The van der Waals surface area contributed by atoms with Crippen LogP contribution in [0.5, 0.6) is 5.75 Å². The summed E-state index contributed by atoms with van der Waals surface area (Å²) in [6.45, 7) is 1.79. The highest BCUT2D eigenvalue weighted by molar-refractivity contribution is 7.98. The second-order valence-corrected chi connectivity index (χ2v) is 9.11. The minimum atomic E-state index is -0.212. The third-order valence-electron chi connectivity index (χ3n) is 5.93. The molecule has 34 heavy (non-hydrogen) atoms. The zero-order chi connectivity index (χ0) is 23.5. The van der Waals surface area contributed by atoms with Crippen LogP contribution in [0.4, 0.5) is 0 Å². The summed E-state index contributed by atoms with van der Waals surface area (Å²) in [5, 5.41) is 10.8. The number of para-hydroxylation sites is 3. The summed E-state index contributed by atoms with van der Waals surface area (Å²) in [4.78, 5) is 37.0. The Morgan fingerprint density at radius 2 is 1.50 bits per heavy atom. The number of aromatic hydroxyl groups is 1. The van der Waals surface area contributed by atoms with Crippen molar-refractivity contribution in [2.24, 2.45) is 0 Å². The molecule has 2 amide bonds. The van der Waals surface area contributed by atoms with Crippen LogP contribution in [0.25, 0.3) is 11.0 Å². The molecule has 172 valence electrons. The molecule has 1 fully saturated rings. The topological polar surface area (TPSA) is 89.5 Å². The van der Waals surface area contributed by atoms with Gasteiger partial charge in [0.15, 0.2) is 5.16 Å². The van der Waals surface area contributed by atoms with Crippen molar-refractivity contribution >= 4 is 34.6 Å². The normalized spacial score (nSPS) is 13.9. The van der Waals surface area contributed by atoms with Gasteiger partial charge in [-0.1, -0.05) is 48.2 Å². The molecule has 3 aromatic carbocycles. The average Bonchev–Trinajstić information content (AvgIpc) is 3.30. The van der Waals surface area contributed by atoms with Gasteiger partial charge in [-0.15, -0.1) is 0 Å². The first-order chi connectivity index (χ1) is 16.6. The number of nitrogens with one attached hydrogen (secondary N) is 1. The SMILES string of the molecule is O=C(c1ccc(CSc2nc3ccccc3[nH]2)cc1)N1CCN(C(=O)c2ccccc2O)CC1. The Morgan fingerprint density at radius 3 is 2.21 bits per heavy atom. The predicted octanol–water partition coefficient (Wildman–Crippen LogP) is 4.16. The molecule has 2 N–H and O–H groups in total. The van der Waals surface area contributed by atoms with Gasteiger partial charge in [0.25, 0.3) is 11.8 Å². The van der Waals surface area contributed by atoms with Crippen LogP contribution in [0.2, 0.25) is 0 Å². The highest BCUT2D eigenvalue weighted by Crippen LogP contribution is 2.24. The fourth-order valence-electron chi connectivity index (χ4n) is 4.01. The number of nitrogens with zero attached hydrogens (tertiary/aromatic N) is 3. The van der Waals surface area contributed by atoms with Gasteiger partial charge in [-0.3, -0.25) is 9.59 Å². The predicted molar refractivity (Wildman–Crippen MR) is 132 cm³/mol. The first-order valence-corrected chi connectivity index (χ1v) is 12.1. The fraction of sp³-hybridized carbons (Fsp3) is 0.192. The highest BCUT2D eigenvalue weighted by atomic mass is 32.2. The van der Waals surface area contributed by atoms with Crippen LogP contribution in [0.1, 0.15) is 26.3 Å². The molecule has 1 aliphatic rings. The van der Waals surface area contributed by atoms with E-state index < -0.39 is 0 Å². The number of thioether (sulfide) groups is 1. The highest BCUT2D eigenvalue weighted by Gasteiger charge is 2.26. The number of piperazine rings is 1. The van der Waals surface area contributed by atoms with Gasteiger partial charge in [-0.05, 0) is 42.0 Å².